The van der Waals surface area contributed by atoms with Crippen LogP contribution in [0, 0.1) is 11.3 Å². The molecule has 3 aromatic carbocycles. The van der Waals surface area contributed by atoms with E-state index in [1.54, 1.807) is 24.3 Å². The quantitative estimate of drug-likeness (QED) is 0.103. The number of carbonyl (C=O) groups excluding carboxylic acids is 5. The smallest absolute Gasteiger partial charge is 0.264 e. The first-order chi connectivity index (χ1) is 31.9. The van der Waals surface area contributed by atoms with Crippen molar-refractivity contribution >= 4 is 51.7 Å². The van der Waals surface area contributed by atoms with E-state index in [9.17, 15) is 34.3 Å². The van der Waals surface area contributed by atoms with Gasteiger partial charge in [-0.15, -0.1) is 0 Å². The number of H-pyrrole nitrogens is 1. The van der Waals surface area contributed by atoms with Crippen molar-refractivity contribution in [1.82, 2.24) is 25.0 Å². The molecule has 0 bridgehead atoms. The van der Waals surface area contributed by atoms with Gasteiger partial charge < -0.3 is 40.0 Å². The standard InChI is InChI=1S/C50H58N8O8/c1-4-31-27-35-36(50(2,3)46-44(45(35)61)33-9-8-30(29-51)26-38(33)53-46)28-40(31)56-16-12-32(13-17-56)55-18-20-57(21-19-55)42(60)14-22-65-24-25-66-23-15-52-37-7-5-6-34-43(37)49(64)58(48(34)63)39-10-11-41(59)54-47(39)62/h5-9,26-28,32,39,41,52-53,59H,4,10-25H2,1-3H3,(H,54,62). The van der Waals surface area contributed by atoms with Crippen LogP contribution in [0.25, 0.3) is 10.9 Å². The number of ether oxygens (including phenoxy) is 2. The van der Waals surface area contributed by atoms with Crippen molar-refractivity contribution < 1.29 is 38.6 Å². The predicted octanol–water partition coefficient (Wildman–Crippen LogP) is 4.31. The Morgan fingerprint density at radius 1 is 0.879 bits per heavy atom. The van der Waals surface area contributed by atoms with E-state index < -0.39 is 35.4 Å². The number of fused-ring (bicyclic) bond motifs is 5. The highest BCUT2D eigenvalue weighted by Crippen LogP contribution is 2.46. The number of aromatic nitrogens is 1. The highest BCUT2D eigenvalue weighted by molar-refractivity contribution is 6.25. The second kappa shape index (κ2) is 18.6. The van der Waals surface area contributed by atoms with Gasteiger partial charge in [0, 0.05) is 90.8 Å². The molecule has 3 fully saturated rings. The summed E-state index contributed by atoms with van der Waals surface area (Å²) in [7, 11) is 0. The van der Waals surface area contributed by atoms with Gasteiger partial charge in [-0.05, 0) is 79.6 Å². The molecule has 66 heavy (non-hydrogen) atoms. The van der Waals surface area contributed by atoms with Crippen molar-refractivity contribution in [2.45, 2.75) is 83.0 Å². The van der Waals surface area contributed by atoms with E-state index >= 15 is 0 Å². The maximum atomic E-state index is 14.1. The fraction of sp³-hybridized carbons (Fsp3) is 0.480. The minimum absolute atomic E-state index is 0.0355. The molecule has 16 nitrogen and oxygen atoms in total. The topological polar surface area (TPSA) is 201 Å². The van der Waals surface area contributed by atoms with Crippen LogP contribution in [0.5, 0.6) is 0 Å². The lowest BCUT2D eigenvalue weighted by molar-refractivity contribution is -0.134. The summed E-state index contributed by atoms with van der Waals surface area (Å²) in [5.74, 6) is -1.49. The summed E-state index contributed by atoms with van der Waals surface area (Å²) in [6.45, 7) is 13.1. The molecular weight excluding hydrogens is 841 g/mol. The Bertz CT molecular complexity index is 2620. The van der Waals surface area contributed by atoms with Crippen molar-refractivity contribution in [3.8, 4) is 6.07 Å². The third-order valence-corrected chi connectivity index (χ3v) is 14.3. The molecule has 346 valence electrons. The monoisotopic (exact) mass is 898 g/mol. The van der Waals surface area contributed by atoms with Crippen LogP contribution < -0.4 is 15.5 Å². The fourth-order valence-electron chi connectivity index (χ4n) is 10.6. The molecule has 1 aromatic heterocycles. The second-order valence-corrected chi connectivity index (χ2v) is 18.4. The van der Waals surface area contributed by atoms with Gasteiger partial charge >= 0.3 is 0 Å². The highest BCUT2D eigenvalue weighted by atomic mass is 16.5. The lowest BCUT2D eigenvalue weighted by atomic mass is 9.70. The summed E-state index contributed by atoms with van der Waals surface area (Å²) in [6.07, 6.45) is 2.63. The van der Waals surface area contributed by atoms with Gasteiger partial charge in [0.05, 0.1) is 61.2 Å². The Balaban J connectivity index is 0.684. The second-order valence-electron chi connectivity index (χ2n) is 18.4. The number of aliphatic hydroxyl groups excluding tert-OH is 1. The predicted molar refractivity (Wildman–Crippen MR) is 247 cm³/mol. The number of benzene rings is 3. The van der Waals surface area contributed by atoms with Crippen LogP contribution >= 0.6 is 0 Å². The van der Waals surface area contributed by atoms with E-state index in [0.717, 1.165) is 78.1 Å². The third-order valence-electron chi connectivity index (χ3n) is 14.3. The Hall–Kier alpha value is -6.12. The number of piperidine rings is 2. The number of nitrogens with one attached hydrogen (secondary N) is 3. The summed E-state index contributed by atoms with van der Waals surface area (Å²) in [4.78, 5) is 77.6. The number of anilines is 2. The number of amides is 4. The first kappa shape index (κ1) is 45.1. The summed E-state index contributed by atoms with van der Waals surface area (Å²) in [6, 6.07) is 16.5. The summed E-state index contributed by atoms with van der Waals surface area (Å²) < 4.78 is 11.4. The molecule has 0 spiro atoms. The molecule has 3 saturated heterocycles. The normalized spacial score (nSPS) is 20.9. The van der Waals surface area contributed by atoms with Gasteiger partial charge in [-0.3, -0.25) is 33.8 Å². The molecule has 0 radical (unpaired) electrons. The molecule has 4 aliphatic heterocycles. The number of carbonyl (C=O) groups is 5. The number of piperazine rings is 1. The Kier molecular flexibility index (Phi) is 12.7. The Morgan fingerprint density at radius 2 is 1.64 bits per heavy atom. The van der Waals surface area contributed by atoms with Gasteiger partial charge in [0.1, 0.15) is 12.3 Å². The summed E-state index contributed by atoms with van der Waals surface area (Å²) in [5.41, 5.74) is 7.67. The number of imide groups is 1. The van der Waals surface area contributed by atoms with E-state index in [-0.39, 0.29) is 35.7 Å². The number of hydrogen-bond donors (Lipinski definition) is 4. The lowest BCUT2D eigenvalue weighted by Crippen LogP contribution is -2.55. The number of hydrogen-bond acceptors (Lipinski definition) is 12. The zero-order valence-electron chi connectivity index (χ0n) is 37.9. The SMILES string of the molecule is CCc1cc2c(cc1N1CCC(N3CCN(C(=O)CCOCCOCCNc4cccc5c4C(=O)N(C4CCC(O)NC4=O)C5=O)CC3)CC1)C(C)(C)c1[nH]c3cc(C#N)ccc3c1C2=O. The van der Waals surface area contributed by atoms with E-state index in [1.807, 2.05) is 17.0 Å². The van der Waals surface area contributed by atoms with Crippen molar-refractivity contribution in [1.29, 1.82) is 5.26 Å². The largest absolute Gasteiger partial charge is 0.382 e. The van der Waals surface area contributed by atoms with Gasteiger partial charge in [-0.25, -0.2) is 0 Å². The molecular formula is C50H58N8O8. The molecule has 5 heterocycles. The van der Waals surface area contributed by atoms with Crippen LogP contribution in [-0.2, 0) is 30.9 Å². The van der Waals surface area contributed by atoms with E-state index in [0.29, 0.717) is 75.3 Å². The molecule has 4 N–H and O–H groups in total. The van der Waals surface area contributed by atoms with E-state index in [1.165, 1.54) is 11.3 Å². The lowest BCUT2D eigenvalue weighted by Gasteiger charge is -2.44. The molecule has 5 aliphatic rings. The van der Waals surface area contributed by atoms with Gasteiger partial charge in [0.25, 0.3) is 11.8 Å². The van der Waals surface area contributed by atoms with Crippen molar-refractivity contribution in [2.24, 2.45) is 0 Å². The molecule has 0 saturated carbocycles. The Labute approximate surface area is 384 Å². The van der Waals surface area contributed by atoms with E-state index in [2.05, 4.69) is 64.4 Å². The molecule has 2 unspecified atom stereocenters. The van der Waals surface area contributed by atoms with Crippen LogP contribution in [0.1, 0.15) is 112 Å². The van der Waals surface area contributed by atoms with Crippen LogP contribution in [0.3, 0.4) is 0 Å². The van der Waals surface area contributed by atoms with Crippen LogP contribution in [0.2, 0.25) is 0 Å². The van der Waals surface area contributed by atoms with Crippen LogP contribution in [0.4, 0.5) is 11.4 Å². The number of nitriles is 1. The molecule has 2 atom stereocenters. The van der Waals surface area contributed by atoms with Crippen molar-refractivity contribution in [3.05, 3.63) is 93.2 Å². The van der Waals surface area contributed by atoms with Crippen molar-refractivity contribution in [3.63, 3.8) is 0 Å². The Morgan fingerprint density at radius 3 is 2.36 bits per heavy atom. The maximum absolute atomic E-state index is 14.1. The number of nitrogens with zero attached hydrogens (tertiary/aromatic N) is 5. The molecule has 1 aliphatic carbocycles. The fourth-order valence-corrected chi connectivity index (χ4v) is 10.6. The number of ketones is 1. The average Bonchev–Trinajstić information content (AvgIpc) is 3.84. The van der Waals surface area contributed by atoms with Crippen LogP contribution in [0.15, 0.2) is 48.5 Å². The minimum atomic E-state index is -0.987. The number of aliphatic hydroxyl groups is 1. The summed E-state index contributed by atoms with van der Waals surface area (Å²) in [5, 5.41) is 25.6. The average molecular weight is 899 g/mol. The first-order valence-electron chi connectivity index (χ1n) is 23.3. The maximum Gasteiger partial charge on any atom is 0.264 e. The van der Waals surface area contributed by atoms with Gasteiger partial charge in [-0.1, -0.05) is 32.9 Å². The summed E-state index contributed by atoms with van der Waals surface area (Å²) >= 11 is 0. The minimum Gasteiger partial charge on any atom is -0.382 e. The third kappa shape index (κ3) is 8.34. The van der Waals surface area contributed by atoms with Gasteiger partial charge in [0.2, 0.25) is 11.8 Å². The molecule has 4 aromatic rings. The first-order valence-corrected chi connectivity index (χ1v) is 23.3. The number of aromatic amines is 1. The molecule has 16 heteroatoms. The number of rotatable bonds is 14. The van der Waals surface area contributed by atoms with E-state index in [4.69, 9.17) is 9.47 Å². The van der Waals surface area contributed by atoms with Gasteiger partial charge in [-0.2, -0.15) is 5.26 Å². The molecule has 4 amide bonds. The van der Waals surface area contributed by atoms with Gasteiger partial charge in [0.15, 0.2) is 5.78 Å². The zero-order chi connectivity index (χ0) is 46.3. The van der Waals surface area contributed by atoms with Crippen LogP contribution in [-0.4, -0.2) is 145 Å². The highest BCUT2D eigenvalue weighted by Gasteiger charge is 2.46. The molecule has 9 rings (SSSR count). The number of aryl methyl sites for hydroxylation is 1. The zero-order valence-corrected chi connectivity index (χ0v) is 37.9. The van der Waals surface area contributed by atoms with Crippen molar-refractivity contribution in [2.75, 3.05) is 82.5 Å².